The molecule has 24 heavy (non-hydrogen) atoms. The smallest absolute Gasteiger partial charge is 0.392 e. The topological polar surface area (TPSA) is 78.4 Å². The highest BCUT2D eigenvalue weighted by molar-refractivity contribution is 5.78. The van der Waals surface area contributed by atoms with Crippen LogP contribution in [0.15, 0.2) is 6.07 Å². The van der Waals surface area contributed by atoms with Crippen LogP contribution in [0.3, 0.4) is 0 Å². The lowest BCUT2D eigenvalue weighted by molar-refractivity contribution is -0.141. The number of carbonyl (C=O) groups excluding carboxylic acids is 1. The number of nitrogens with zero attached hydrogens (tertiary/aromatic N) is 3. The average molecular weight is 346 g/mol. The maximum atomic E-state index is 12.7. The van der Waals surface area contributed by atoms with E-state index in [-0.39, 0.29) is 36.9 Å². The third kappa shape index (κ3) is 5.72. The molecule has 0 aromatic carbocycles. The minimum absolute atomic E-state index is 0.0519. The van der Waals surface area contributed by atoms with Gasteiger partial charge in [0, 0.05) is 25.2 Å². The molecular formula is C15H21F3N4O2. The van der Waals surface area contributed by atoms with Crippen molar-refractivity contribution in [1.29, 1.82) is 0 Å². The van der Waals surface area contributed by atoms with Crippen molar-refractivity contribution in [3.8, 4) is 0 Å². The molecule has 134 valence electrons. The number of β-amino-alcohol motifs (C(OH)–C–C–N with tert-alkyl or cyclic N) is 1. The van der Waals surface area contributed by atoms with Crippen LogP contribution in [0, 0.1) is 6.92 Å². The van der Waals surface area contributed by atoms with Gasteiger partial charge in [0.25, 0.3) is 0 Å². The lowest BCUT2D eigenvalue weighted by Gasteiger charge is -2.29. The van der Waals surface area contributed by atoms with Gasteiger partial charge in [0.05, 0.1) is 12.6 Å². The Kier molecular flexibility index (Phi) is 6.11. The standard InChI is InChI=1S/C15H21F3N4O2/c1-10-7-12(15(16,17)18)21-13(20-10)4-5-19-14(24)9-22-6-2-3-11(23)8-22/h7,11,23H,2-6,8-9H2,1H3,(H,19,24)/t11-/m0/s1. The Morgan fingerprint density at radius 3 is 2.88 bits per heavy atom. The Morgan fingerprint density at radius 1 is 1.46 bits per heavy atom. The third-order valence-corrected chi connectivity index (χ3v) is 3.71. The summed E-state index contributed by atoms with van der Waals surface area (Å²) in [4.78, 5) is 21.2. The highest BCUT2D eigenvalue weighted by Gasteiger charge is 2.33. The first-order valence-electron chi connectivity index (χ1n) is 7.83. The van der Waals surface area contributed by atoms with Gasteiger partial charge >= 0.3 is 6.18 Å². The lowest BCUT2D eigenvalue weighted by atomic mass is 10.1. The van der Waals surface area contributed by atoms with Crippen LogP contribution in [0.5, 0.6) is 0 Å². The SMILES string of the molecule is Cc1cc(C(F)(F)F)nc(CCNC(=O)CN2CCC[C@H](O)C2)n1. The fourth-order valence-electron chi connectivity index (χ4n) is 2.63. The van der Waals surface area contributed by atoms with Crippen LogP contribution in [0.1, 0.15) is 30.1 Å². The first kappa shape index (κ1) is 18.6. The molecule has 2 N–H and O–H groups in total. The zero-order valence-electron chi connectivity index (χ0n) is 13.4. The van der Waals surface area contributed by atoms with E-state index in [9.17, 15) is 23.1 Å². The molecule has 9 heteroatoms. The lowest BCUT2D eigenvalue weighted by Crippen LogP contribution is -2.44. The normalized spacial score (nSPS) is 19.3. The quantitative estimate of drug-likeness (QED) is 0.829. The number of piperidine rings is 1. The highest BCUT2D eigenvalue weighted by atomic mass is 19.4. The maximum absolute atomic E-state index is 12.7. The van der Waals surface area contributed by atoms with Gasteiger partial charge in [0.2, 0.25) is 5.91 Å². The number of aryl methyl sites for hydroxylation is 1. The predicted molar refractivity (Wildman–Crippen MR) is 80.2 cm³/mol. The number of carbonyl (C=O) groups is 1. The number of aromatic nitrogens is 2. The summed E-state index contributed by atoms with van der Waals surface area (Å²) in [5, 5.41) is 12.2. The fraction of sp³-hybridized carbons (Fsp3) is 0.667. The fourth-order valence-corrected chi connectivity index (χ4v) is 2.63. The average Bonchev–Trinajstić information content (AvgIpc) is 2.45. The number of aliphatic hydroxyl groups excluding tert-OH is 1. The van der Waals surface area contributed by atoms with Crippen molar-refractivity contribution < 1.29 is 23.1 Å². The van der Waals surface area contributed by atoms with E-state index in [1.807, 2.05) is 4.90 Å². The molecule has 1 saturated heterocycles. The number of alkyl halides is 3. The van der Waals surface area contributed by atoms with Gasteiger partial charge in [-0.2, -0.15) is 13.2 Å². The molecule has 1 fully saturated rings. The van der Waals surface area contributed by atoms with E-state index in [4.69, 9.17) is 0 Å². The summed E-state index contributed by atoms with van der Waals surface area (Å²) in [5.74, 6) is -0.177. The number of hydrogen-bond acceptors (Lipinski definition) is 5. The van der Waals surface area contributed by atoms with Crippen molar-refractivity contribution in [1.82, 2.24) is 20.2 Å². The molecule has 0 saturated carbocycles. The van der Waals surface area contributed by atoms with E-state index < -0.39 is 18.0 Å². The molecular weight excluding hydrogens is 325 g/mol. The largest absolute Gasteiger partial charge is 0.433 e. The molecule has 1 aliphatic rings. The van der Waals surface area contributed by atoms with Crippen molar-refractivity contribution >= 4 is 5.91 Å². The second kappa shape index (κ2) is 7.89. The summed E-state index contributed by atoms with van der Waals surface area (Å²) in [6.07, 6.45) is -3.22. The molecule has 2 rings (SSSR count). The molecule has 1 atom stereocenters. The zero-order chi connectivity index (χ0) is 17.7. The van der Waals surface area contributed by atoms with Crippen molar-refractivity contribution in [2.24, 2.45) is 0 Å². The number of nitrogens with one attached hydrogen (secondary N) is 1. The Hall–Kier alpha value is -1.74. The molecule has 6 nitrogen and oxygen atoms in total. The van der Waals surface area contributed by atoms with Gasteiger partial charge in [-0.1, -0.05) is 0 Å². The zero-order valence-corrected chi connectivity index (χ0v) is 13.4. The molecule has 1 aliphatic heterocycles. The Balaban J connectivity index is 1.81. The number of likely N-dealkylation sites (tertiary alicyclic amines) is 1. The molecule has 2 heterocycles. The van der Waals surface area contributed by atoms with Crippen LogP contribution in [-0.2, 0) is 17.4 Å². The van der Waals surface area contributed by atoms with Gasteiger partial charge < -0.3 is 10.4 Å². The maximum Gasteiger partial charge on any atom is 0.433 e. The molecule has 0 aliphatic carbocycles. The number of halogens is 3. The second-order valence-electron chi connectivity index (χ2n) is 5.94. The van der Waals surface area contributed by atoms with E-state index in [2.05, 4.69) is 15.3 Å². The molecule has 0 radical (unpaired) electrons. The van der Waals surface area contributed by atoms with Crippen LogP contribution >= 0.6 is 0 Å². The Bertz CT molecular complexity index is 580. The van der Waals surface area contributed by atoms with Crippen molar-refractivity contribution in [3.63, 3.8) is 0 Å². The summed E-state index contributed by atoms with van der Waals surface area (Å²) < 4.78 is 38.1. The summed E-state index contributed by atoms with van der Waals surface area (Å²) in [6.45, 7) is 3.01. The van der Waals surface area contributed by atoms with Gasteiger partial charge in [-0.05, 0) is 32.4 Å². The predicted octanol–water partition coefficient (Wildman–Crippen LogP) is 0.919. The molecule has 0 unspecified atom stereocenters. The van der Waals surface area contributed by atoms with Crippen molar-refractivity contribution in [3.05, 3.63) is 23.3 Å². The van der Waals surface area contributed by atoms with E-state index in [0.717, 1.165) is 25.5 Å². The van der Waals surface area contributed by atoms with E-state index in [1.165, 1.54) is 6.92 Å². The van der Waals surface area contributed by atoms with E-state index in [0.29, 0.717) is 6.54 Å². The number of hydrogen-bond donors (Lipinski definition) is 2. The van der Waals surface area contributed by atoms with E-state index in [1.54, 1.807) is 0 Å². The Morgan fingerprint density at radius 2 is 2.21 bits per heavy atom. The summed E-state index contributed by atoms with van der Waals surface area (Å²) >= 11 is 0. The molecule has 1 aromatic rings. The minimum atomic E-state index is -4.51. The summed E-state index contributed by atoms with van der Waals surface area (Å²) in [5.41, 5.74) is -0.736. The second-order valence-corrected chi connectivity index (χ2v) is 5.94. The third-order valence-electron chi connectivity index (χ3n) is 3.71. The van der Waals surface area contributed by atoms with Crippen LogP contribution in [0.4, 0.5) is 13.2 Å². The van der Waals surface area contributed by atoms with Crippen LogP contribution in [0.2, 0.25) is 0 Å². The number of rotatable bonds is 5. The molecule has 1 aromatic heterocycles. The molecule has 0 spiro atoms. The van der Waals surface area contributed by atoms with Crippen molar-refractivity contribution in [2.45, 2.75) is 38.5 Å². The molecule has 1 amide bonds. The van der Waals surface area contributed by atoms with E-state index >= 15 is 0 Å². The van der Waals surface area contributed by atoms with Gasteiger partial charge in [0.15, 0.2) is 0 Å². The van der Waals surface area contributed by atoms with Crippen molar-refractivity contribution in [2.75, 3.05) is 26.2 Å². The number of amides is 1. The first-order valence-corrected chi connectivity index (χ1v) is 7.83. The summed E-state index contributed by atoms with van der Waals surface area (Å²) in [7, 11) is 0. The van der Waals surface area contributed by atoms with Gasteiger partial charge in [-0.25, -0.2) is 9.97 Å². The van der Waals surface area contributed by atoms with Crippen LogP contribution in [0.25, 0.3) is 0 Å². The van der Waals surface area contributed by atoms with Gasteiger partial charge in [0.1, 0.15) is 11.5 Å². The highest BCUT2D eigenvalue weighted by Crippen LogP contribution is 2.27. The Labute approximate surface area is 138 Å². The van der Waals surface area contributed by atoms with Gasteiger partial charge in [-0.15, -0.1) is 0 Å². The summed E-state index contributed by atoms with van der Waals surface area (Å²) in [6, 6.07) is 0.893. The number of aliphatic hydroxyl groups is 1. The van der Waals surface area contributed by atoms with Crippen LogP contribution in [-0.4, -0.2) is 58.2 Å². The molecule has 0 bridgehead atoms. The first-order chi connectivity index (χ1) is 11.2. The van der Waals surface area contributed by atoms with Crippen LogP contribution < -0.4 is 5.32 Å². The monoisotopic (exact) mass is 346 g/mol. The van der Waals surface area contributed by atoms with Gasteiger partial charge in [-0.3, -0.25) is 9.69 Å². The minimum Gasteiger partial charge on any atom is -0.392 e.